The molecule has 0 unspecified atom stereocenters. The fourth-order valence-electron chi connectivity index (χ4n) is 3.31. The van der Waals surface area contributed by atoms with E-state index in [1.54, 1.807) is 30.0 Å². The molecule has 0 aliphatic heterocycles. The van der Waals surface area contributed by atoms with E-state index < -0.39 is 0 Å². The number of aryl methyl sites for hydroxylation is 2. The molecule has 31 heavy (non-hydrogen) atoms. The third kappa shape index (κ3) is 3.79. The van der Waals surface area contributed by atoms with Crippen molar-refractivity contribution in [2.24, 2.45) is 0 Å². The highest BCUT2D eigenvalue weighted by atomic mass is 32.2. The van der Waals surface area contributed by atoms with Crippen LogP contribution in [0.15, 0.2) is 57.3 Å². The van der Waals surface area contributed by atoms with Gasteiger partial charge in [-0.25, -0.2) is 4.98 Å². The second-order valence-electron chi connectivity index (χ2n) is 6.98. The molecule has 8 nitrogen and oxygen atoms in total. The molecule has 0 aliphatic carbocycles. The molecule has 5 aromatic heterocycles. The molecule has 0 atom stereocenters. The van der Waals surface area contributed by atoms with Crippen molar-refractivity contribution in [3.63, 3.8) is 0 Å². The van der Waals surface area contributed by atoms with Gasteiger partial charge in [0.1, 0.15) is 16.4 Å². The van der Waals surface area contributed by atoms with Crippen molar-refractivity contribution in [3.8, 4) is 11.4 Å². The summed E-state index contributed by atoms with van der Waals surface area (Å²) in [4.78, 5) is 26.2. The van der Waals surface area contributed by atoms with Crippen LogP contribution in [0.5, 0.6) is 0 Å². The number of thioether (sulfide) groups is 1. The van der Waals surface area contributed by atoms with Gasteiger partial charge in [-0.3, -0.25) is 14.3 Å². The lowest BCUT2D eigenvalue weighted by atomic mass is 10.2. The van der Waals surface area contributed by atoms with Crippen LogP contribution in [-0.2, 0) is 12.3 Å². The predicted molar refractivity (Wildman–Crippen MR) is 120 cm³/mol. The van der Waals surface area contributed by atoms with Gasteiger partial charge in [-0.2, -0.15) is 0 Å². The second kappa shape index (κ2) is 8.12. The van der Waals surface area contributed by atoms with Crippen LogP contribution in [0.2, 0.25) is 0 Å². The van der Waals surface area contributed by atoms with Crippen LogP contribution in [0.1, 0.15) is 22.0 Å². The minimum atomic E-state index is -0.101. The number of aromatic amines is 1. The number of rotatable bonds is 6. The number of hydrogen-bond donors (Lipinski definition) is 1. The third-order valence-electron chi connectivity index (χ3n) is 4.96. The molecular formula is C21H18N6O2S2. The Morgan fingerprint density at radius 1 is 1.23 bits per heavy atom. The minimum absolute atomic E-state index is 0.101. The van der Waals surface area contributed by atoms with Gasteiger partial charge in [0, 0.05) is 22.8 Å². The fourth-order valence-corrected chi connectivity index (χ4v) is 5.16. The quantitative estimate of drug-likeness (QED) is 0.387. The van der Waals surface area contributed by atoms with Gasteiger partial charge < -0.3 is 9.40 Å². The van der Waals surface area contributed by atoms with Crippen LogP contribution in [0, 0.1) is 13.8 Å². The first-order valence-corrected chi connectivity index (χ1v) is 11.4. The first-order valence-electron chi connectivity index (χ1n) is 9.58. The summed E-state index contributed by atoms with van der Waals surface area (Å²) in [5, 5.41) is 10.1. The molecule has 1 N–H and O–H groups in total. The Balaban J connectivity index is 1.47. The number of fused-ring (bicyclic) bond motifs is 1. The fraction of sp³-hybridized carbons (Fsp3) is 0.190. The molecule has 0 fully saturated rings. The molecule has 0 saturated heterocycles. The van der Waals surface area contributed by atoms with Crippen LogP contribution in [-0.4, -0.2) is 29.7 Å². The van der Waals surface area contributed by atoms with Crippen LogP contribution >= 0.6 is 23.1 Å². The van der Waals surface area contributed by atoms with E-state index in [0.717, 1.165) is 26.6 Å². The molecule has 0 spiro atoms. The molecule has 5 rings (SSSR count). The first-order chi connectivity index (χ1) is 15.1. The molecule has 0 radical (unpaired) electrons. The Hall–Kier alpha value is -3.24. The topological polar surface area (TPSA) is 102 Å². The Kier molecular flexibility index (Phi) is 5.16. The molecule has 0 amide bonds. The van der Waals surface area contributed by atoms with E-state index in [0.29, 0.717) is 34.5 Å². The van der Waals surface area contributed by atoms with E-state index in [-0.39, 0.29) is 5.56 Å². The number of aromatic nitrogens is 6. The molecule has 5 aromatic rings. The molecule has 156 valence electrons. The molecule has 0 bridgehead atoms. The SMILES string of the molecule is Cc1sc2nc(CSc3nnc(-c4cccnc4)n3Cc3ccco3)[nH]c(=O)c2c1C. The number of hydrogen-bond acceptors (Lipinski definition) is 8. The van der Waals surface area contributed by atoms with E-state index in [1.807, 2.05) is 42.7 Å². The summed E-state index contributed by atoms with van der Waals surface area (Å²) in [5.41, 5.74) is 1.76. The zero-order valence-corrected chi connectivity index (χ0v) is 18.5. The van der Waals surface area contributed by atoms with Gasteiger partial charge in [0.05, 0.1) is 23.9 Å². The largest absolute Gasteiger partial charge is 0.467 e. The van der Waals surface area contributed by atoms with E-state index in [4.69, 9.17) is 4.42 Å². The molecular weight excluding hydrogens is 432 g/mol. The number of H-pyrrole nitrogens is 1. The second-order valence-corrected chi connectivity index (χ2v) is 9.12. The Labute approximate surface area is 185 Å². The number of nitrogens with zero attached hydrogens (tertiary/aromatic N) is 5. The smallest absolute Gasteiger partial charge is 0.259 e. The lowest BCUT2D eigenvalue weighted by Crippen LogP contribution is -2.11. The van der Waals surface area contributed by atoms with Crippen molar-refractivity contribution in [3.05, 3.63) is 75.3 Å². The van der Waals surface area contributed by atoms with Gasteiger partial charge in [0.25, 0.3) is 5.56 Å². The van der Waals surface area contributed by atoms with Gasteiger partial charge >= 0.3 is 0 Å². The lowest BCUT2D eigenvalue weighted by Gasteiger charge is -2.08. The first kappa shape index (κ1) is 19.7. The van der Waals surface area contributed by atoms with E-state index in [2.05, 4.69) is 25.1 Å². The summed E-state index contributed by atoms with van der Waals surface area (Å²) < 4.78 is 7.52. The molecule has 5 heterocycles. The highest BCUT2D eigenvalue weighted by Gasteiger charge is 2.17. The van der Waals surface area contributed by atoms with E-state index in [1.165, 1.54) is 11.8 Å². The summed E-state index contributed by atoms with van der Waals surface area (Å²) >= 11 is 3.01. The van der Waals surface area contributed by atoms with Gasteiger partial charge in [0.2, 0.25) is 0 Å². The van der Waals surface area contributed by atoms with Crippen molar-refractivity contribution < 1.29 is 4.42 Å². The zero-order chi connectivity index (χ0) is 21.4. The molecule has 10 heteroatoms. The van der Waals surface area contributed by atoms with Crippen LogP contribution in [0.25, 0.3) is 21.6 Å². The minimum Gasteiger partial charge on any atom is -0.467 e. The maximum atomic E-state index is 12.6. The van der Waals surface area contributed by atoms with Crippen molar-refractivity contribution >= 4 is 33.3 Å². The molecule has 0 saturated carbocycles. The molecule has 0 aromatic carbocycles. The van der Waals surface area contributed by atoms with Gasteiger partial charge in [-0.15, -0.1) is 21.5 Å². The van der Waals surface area contributed by atoms with Gasteiger partial charge in [-0.1, -0.05) is 11.8 Å². The van der Waals surface area contributed by atoms with Crippen LogP contribution < -0.4 is 5.56 Å². The van der Waals surface area contributed by atoms with Crippen molar-refractivity contribution in [2.45, 2.75) is 31.3 Å². The number of thiophene rings is 1. The third-order valence-corrected chi connectivity index (χ3v) is 7.04. The van der Waals surface area contributed by atoms with Gasteiger partial charge in [0.15, 0.2) is 11.0 Å². The zero-order valence-electron chi connectivity index (χ0n) is 16.8. The Morgan fingerprint density at radius 2 is 2.13 bits per heavy atom. The monoisotopic (exact) mass is 450 g/mol. The summed E-state index contributed by atoms with van der Waals surface area (Å²) in [6.07, 6.45) is 5.12. The lowest BCUT2D eigenvalue weighted by molar-refractivity contribution is 0.485. The maximum absolute atomic E-state index is 12.6. The predicted octanol–water partition coefficient (Wildman–Crippen LogP) is 4.19. The summed E-state index contributed by atoms with van der Waals surface area (Å²) in [6, 6.07) is 7.57. The standard InChI is InChI=1S/C21H18N6O2S2/c1-12-13(2)31-20-17(12)19(28)23-16(24-20)11-30-21-26-25-18(14-5-3-7-22-9-14)27(21)10-15-6-4-8-29-15/h3-9H,10-11H2,1-2H3,(H,23,24,28). The van der Waals surface area contributed by atoms with E-state index >= 15 is 0 Å². The van der Waals surface area contributed by atoms with Crippen LogP contribution in [0.3, 0.4) is 0 Å². The van der Waals surface area contributed by atoms with Crippen molar-refractivity contribution in [2.75, 3.05) is 0 Å². The van der Waals surface area contributed by atoms with Crippen molar-refractivity contribution in [1.29, 1.82) is 0 Å². The number of nitrogens with one attached hydrogen (secondary N) is 1. The Bertz CT molecular complexity index is 1400. The maximum Gasteiger partial charge on any atom is 0.259 e. The average Bonchev–Trinajstić information content (AvgIpc) is 3.48. The average molecular weight is 451 g/mol. The highest BCUT2D eigenvalue weighted by molar-refractivity contribution is 7.98. The summed E-state index contributed by atoms with van der Waals surface area (Å²) in [7, 11) is 0. The summed E-state index contributed by atoms with van der Waals surface area (Å²) in [6.45, 7) is 4.45. The summed E-state index contributed by atoms with van der Waals surface area (Å²) in [5.74, 6) is 2.57. The molecule has 0 aliphatic rings. The van der Waals surface area contributed by atoms with E-state index in [9.17, 15) is 4.79 Å². The number of furan rings is 1. The Morgan fingerprint density at radius 3 is 2.90 bits per heavy atom. The van der Waals surface area contributed by atoms with Crippen molar-refractivity contribution in [1.82, 2.24) is 29.7 Å². The highest BCUT2D eigenvalue weighted by Crippen LogP contribution is 2.29. The van der Waals surface area contributed by atoms with Crippen LogP contribution in [0.4, 0.5) is 0 Å². The normalized spacial score (nSPS) is 11.4. The number of pyridine rings is 1. The van der Waals surface area contributed by atoms with Gasteiger partial charge in [-0.05, 0) is 43.7 Å².